The number of benzene rings is 2. The Morgan fingerprint density at radius 2 is 1.88 bits per heavy atom. The fourth-order valence-corrected chi connectivity index (χ4v) is 5.65. The maximum absolute atomic E-state index is 13.5. The van der Waals surface area contributed by atoms with E-state index in [0.717, 1.165) is 5.56 Å². The molecule has 3 atom stereocenters. The molecule has 0 fully saturated rings. The summed E-state index contributed by atoms with van der Waals surface area (Å²) in [6.45, 7) is 5.54. The van der Waals surface area contributed by atoms with Gasteiger partial charge in [-0.25, -0.2) is 8.42 Å². The van der Waals surface area contributed by atoms with Crippen LogP contribution >= 0.6 is 0 Å². The number of sulfonamides is 1. The number of rotatable bonds is 5. The smallest absolute Gasteiger partial charge is 0.247 e. The van der Waals surface area contributed by atoms with E-state index in [1.54, 1.807) is 37.9 Å². The van der Waals surface area contributed by atoms with Crippen molar-refractivity contribution in [2.75, 3.05) is 26.7 Å². The molecule has 0 saturated heterocycles. The number of aliphatic hydroxyl groups is 1. The standard InChI is InChI=1S/C26H32N2O5S/c1-5-26(30)27(4)17-24-19(2)16-28(20(3)18-29)34(31,32)25-14-13-22(15-23(25)33-24)12-11-21-9-7-6-8-10-21/h6-10,13-15,19-20,24,29H,5,16-18H2,1-4H3/t19-,20-,24+/m0/s1. The number of hydrogen-bond acceptors (Lipinski definition) is 5. The summed E-state index contributed by atoms with van der Waals surface area (Å²) in [5.41, 5.74) is 1.46. The number of ether oxygens (including phenoxy) is 1. The minimum atomic E-state index is -3.92. The first kappa shape index (κ1) is 25.8. The molecule has 0 aliphatic carbocycles. The number of likely N-dealkylation sites (N-methyl/N-ethyl adjacent to an activating group) is 1. The predicted molar refractivity (Wildman–Crippen MR) is 131 cm³/mol. The summed E-state index contributed by atoms with van der Waals surface area (Å²) in [4.78, 5) is 13.8. The zero-order chi connectivity index (χ0) is 24.9. The summed E-state index contributed by atoms with van der Waals surface area (Å²) in [6.07, 6.45) is -0.0735. The molecule has 2 aromatic carbocycles. The van der Waals surface area contributed by atoms with E-state index in [4.69, 9.17) is 4.74 Å². The van der Waals surface area contributed by atoms with Crippen molar-refractivity contribution in [3.63, 3.8) is 0 Å². The third-order valence-electron chi connectivity index (χ3n) is 5.97. The Hall–Kier alpha value is -2.86. The van der Waals surface area contributed by atoms with Crippen LogP contribution in [0.1, 0.15) is 38.3 Å². The predicted octanol–water partition coefficient (Wildman–Crippen LogP) is 2.72. The number of amides is 1. The normalized spacial score (nSPS) is 20.5. The second-order valence-corrected chi connectivity index (χ2v) is 10.5. The van der Waals surface area contributed by atoms with Crippen molar-refractivity contribution in [1.82, 2.24) is 9.21 Å². The number of aliphatic hydroxyl groups excluding tert-OH is 1. The zero-order valence-corrected chi connectivity index (χ0v) is 20.9. The Labute approximate surface area is 202 Å². The molecule has 0 unspecified atom stereocenters. The van der Waals surface area contributed by atoms with Crippen molar-refractivity contribution < 1.29 is 23.1 Å². The molecule has 0 radical (unpaired) electrons. The van der Waals surface area contributed by atoms with Crippen molar-refractivity contribution in [3.8, 4) is 17.6 Å². The van der Waals surface area contributed by atoms with E-state index >= 15 is 0 Å². The molecule has 3 rings (SSSR count). The van der Waals surface area contributed by atoms with Gasteiger partial charge in [-0.1, -0.05) is 43.9 Å². The number of hydrogen-bond donors (Lipinski definition) is 1. The molecule has 1 N–H and O–H groups in total. The summed E-state index contributed by atoms with van der Waals surface area (Å²) in [7, 11) is -2.21. The Bertz CT molecular complexity index is 1170. The third-order valence-corrected chi connectivity index (χ3v) is 7.99. The van der Waals surface area contributed by atoms with E-state index in [-0.39, 0.29) is 35.6 Å². The topological polar surface area (TPSA) is 87.2 Å². The van der Waals surface area contributed by atoms with E-state index in [9.17, 15) is 18.3 Å². The van der Waals surface area contributed by atoms with Crippen molar-refractivity contribution in [2.24, 2.45) is 5.92 Å². The summed E-state index contributed by atoms with van der Waals surface area (Å²) in [6, 6.07) is 13.7. The van der Waals surface area contributed by atoms with Gasteiger partial charge in [0.25, 0.3) is 0 Å². The van der Waals surface area contributed by atoms with E-state index in [2.05, 4.69) is 11.8 Å². The molecule has 1 amide bonds. The average Bonchev–Trinajstić information content (AvgIpc) is 2.84. The third kappa shape index (κ3) is 5.79. The summed E-state index contributed by atoms with van der Waals surface area (Å²) < 4.78 is 34.7. The number of carbonyl (C=O) groups excluding carboxylic acids is 1. The van der Waals surface area contributed by atoms with Gasteiger partial charge in [0.2, 0.25) is 15.9 Å². The van der Waals surface area contributed by atoms with Crippen LogP contribution in [0.5, 0.6) is 5.75 Å². The van der Waals surface area contributed by atoms with Crippen molar-refractivity contribution in [3.05, 3.63) is 59.7 Å². The zero-order valence-electron chi connectivity index (χ0n) is 20.1. The molecular weight excluding hydrogens is 452 g/mol. The van der Waals surface area contributed by atoms with Crippen LogP contribution < -0.4 is 4.74 Å². The van der Waals surface area contributed by atoms with Crippen LogP contribution in [-0.4, -0.2) is 67.5 Å². The minimum absolute atomic E-state index is 0.0197. The van der Waals surface area contributed by atoms with Gasteiger partial charge in [-0.05, 0) is 37.3 Å². The van der Waals surface area contributed by atoms with Gasteiger partial charge < -0.3 is 14.7 Å². The molecule has 1 aliphatic heterocycles. The molecule has 0 spiro atoms. The van der Waals surface area contributed by atoms with Gasteiger partial charge in [0, 0.05) is 43.1 Å². The largest absolute Gasteiger partial charge is 0.487 e. The van der Waals surface area contributed by atoms with Crippen molar-refractivity contribution >= 4 is 15.9 Å². The van der Waals surface area contributed by atoms with Crippen LogP contribution in [0.4, 0.5) is 0 Å². The molecule has 0 bridgehead atoms. The van der Waals surface area contributed by atoms with Gasteiger partial charge >= 0.3 is 0 Å². The van der Waals surface area contributed by atoms with Crippen LogP contribution in [0.25, 0.3) is 0 Å². The second-order valence-electron chi connectivity index (χ2n) is 8.65. The van der Waals surface area contributed by atoms with Gasteiger partial charge in [0.15, 0.2) is 0 Å². The minimum Gasteiger partial charge on any atom is -0.487 e. The van der Waals surface area contributed by atoms with Gasteiger partial charge in [-0.2, -0.15) is 4.31 Å². The molecule has 7 nitrogen and oxygen atoms in total. The molecule has 1 heterocycles. The lowest BCUT2D eigenvalue weighted by molar-refractivity contribution is -0.131. The van der Waals surface area contributed by atoms with Gasteiger partial charge in [0.05, 0.1) is 13.2 Å². The Morgan fingerprint density at radius 1 is 1.21 bits per heavy atom. The first-order chi connectivity index (χ1) is 16.2. The van der Waals surface area contributed by atoms with Crippen LogP contribution in [0.3, 0.4) is 0 Å². The highest BCUT2D eigenvalue weighted by Gasteiger charge is 2.38. The monoisotopic (exact) mass is 484 g/mol. The number of fused-ring (bicyclic) bond motifs is 1. The Kier molecular flexibility index (Phi) is 8.37. The molecule has 0 saturated carbocycles. The van der Waals surface area contributed by atoms with Crippen molar-refractivity contribution in [2.45, 2.75) is 44.2 Å². The van der Waals surface area contributed by atoms with Crippen LogP contribution in [-0.2, 0) is 14.8 Å². The summed E-state index contributed by atoms with van der Waals surface area (Å²) >= 11 is 0. The highest BCUT2D eigenvalue weighted by molar-refractivity contribution is 7.89. The SMILES string of the molecule is CCC(=O)N(C)C[C@H]1Oc2cc(C#Cc3ccccc3)ccc2S(=O)(=O)N([C@@H](C)CO)C[C@@H]1C. The van der Waals surface area contributed by atoms with E-state index < -0.39 is 22.2 Å². The molecule has 2 aromatic rings. The lowest BCUT2D eigenvalue weighted by Gasteiger charge is -2.37. The molecule has 0 aromatic heterocycles. The number of nitrogens with zero attached hydrogens (tertiary/aromatic N) is 2. The second kappa shape index (κ2) is 11.0. The van der Waals surface area contributed by atoms with Crippen LogP contribution in [0.15, 0.2) is 53.4 Å². The fraction of sp³-hybridized carbons (Fsp3) is 0.423. The average molecular weight is 485 g/mol. The maximum atomic E-state index is 13.5. The highest BCUT2D eigenvalue weighted by Crippen LogP contribution is 2.34. The summed E-state index contributed by atoms with van der Waals surface area (Å²) in [5, 5.41) is 9.75. The quantitative estimate of drug-likeness (QED) is 0.660. The fourth-order valence-electron chi connectivity index (χ4n) is 3.83. The van der Waals surface area contributed by atoms with E-state index in [1.165, 1.54) is 10.4 Å². The van der Waals surface area contributed by atoms with Gasteiger partial charge in [-0.3, -0.25) is 4.79 Å². The van der Waals surface area contributed by atoms with Crippen LogP contribution in [0, 0.1) is 17.8 Å². The van der Waals surface area contributed by atoms with E-state index in [1.807, 2.05) is 37.3 Å². The first-order valence-electron chi connectivity index (χ1n) is 11.4. The Morgan fingerprint density at radius 3 is 2.53 bits per heavy atom. The molecule has 182 valence electrons. The maximum Gasteiger partial charge on any atom is 0.247 e. The van der Waals surface area contributed by atoms with E-state index in [0.29, 0.717) is 18.5 Å². The first-order valence-corrected chi connectivity index (χ1v) is 12.9. The van der Waals surface area contributed by atoms with Gasteiger partial charge in [-0.15, -0.1) is 0 Å². The molecule has 8 heteroatoms. The molecule has 1 aliphatic rings. The number of carbonyl (C=O) groups is 1. The molecule has 34 heavy (non-hydrogen) atoms. The highest BCUT2D eigenvalue weighted by atomic mass is 32.2. The lowest BCUT2D eigenvalue weighted by Crippen LogP contribution is -2.50. The lowest BCUT2D eigenvalue weighted by atomic mass is 10.0. The summed E-state index contributed by atoms with van der Waals surface area (Å²) in [5.74, 6) is 6.09. The molecular formula is C26H32N2O5S. The Balaban J connectivity index is 2.06. The van der Waals surface area contributed by atoms with Gasteiger partial charge in [0.1, 0.15) is 16.7 Å². The van der Waals surface area contributed by atoms with Crippen LogP contribution in [0.2, 0.25) is 0 Å². The van der Waals surface area contributed by atoms with Crippen molar-refractivity contribution in [1.29, 1.82) is 0 Å².